The number of allylic oxidation sites excluding steroid dienone is 1. The summed E-state index contributed by atoms with van der Waals surface area (Å²) in [5, 5.41) is 0. The Morgan fingerprint density at radius 2 is 2.40 bits per heavy atom. The maximum absolute atomic E-state index is 10.1. The van der Waals surface area contributed by atoms with Crippen molar-refractivity contribution in [2.24, 2.45) is 10.7 Å². The van der Waals surface area contributed by atoms with E-state index in [0.29, 0.717) is 0 Å². The first-order valence-electron chi connectivity index (χ1n) is 2.83. The highest BCUT2D eigenvalue weighted by atomic mass is 127. The second-order valence-corrected chi connectivity index (χ2v) is 2.26. The first-order valence-corrected chi connectivity index (χ1v) is 4.08. The fourth-order valence-electron chi connectivity index (χ4n) is 0.343. The molecule has 0 aliphatic carbocycles. The van der Waals surface area contributed by atoms with Gasteiger partial charge < -0.3 is 5.73 Å². The maximum atomic E-state index is 10.1. The van der Waals surface area contributed by atoms with Gasteiger partial charge >= 0.3 is 6.03 Å². The van der Waals surface area contributed by atoms with E-state index in [1.54, 1.807) is 0 Å². The van der Waals surface area contributed by atoms with Crippen molar-refractivity contribution in [3.05, 3.63) is 9.66 Å². The van der Waals surface area contributed by atoms with E-state index in [1.165, 1.54) is 6.21 Å². The average molecular weight is 252 g/mol. The first-order chi connectivity index (χ1) is 4.70. The van der Waals surface area contributed by atoms with Crippen molar-refractivity contribution in [1.82, 2.24) is 0 Å². The summed E-state index contributed by atoms with van der Waals surface area (Å²) in [6.45, 7) is 1.98. The molecule has 4 heteroatoms. The normalized spacial score (nSPS) is 12.4. The molecular formula is C6H9IN2O. The molecule has 0 aliphatic rings. The molecule has 0 rings (SSSR count). The minimum Gasteiger partial charge on any atom is -0.350 e. The molecule has 3 nitrogen and oxygen atoms in total. The van der Waals surface area contributed by atoms with Gasteiger partial charge in [0.05, 0.1) is 0 Å². The van der Waals surface area contributed by atoms with Crippen LogP contribution >= 0.6 is 22.6 Å². The van der Waals surface area contributed by atoms with E-state index in [1.807, 2.05) is 11.0 Å². The quantitative estimate of drug-likeness (QED) is 0.591. The average Bonchev–Trinajstić information content (AvgIpc) is 1.90. The SMILES string of the molecule is CCC(/C=N\C(N)=O)=C/I. The molecule has 2 N–H and O–H groups in total. The zero-order valence-electron chi connectivity index (χ0n) is 5.67. The Hall–Kier alpha value is -0.390. The third-order valence-corrected chi connectivity index (χ3v) is 1.71. The second-order valence-electron chi connectivity index (χ2n) is 1.63. The van der Waals surface area contributed by atoms with Gasteiger partial charge in [-0.25, -0.2) is 9.79 Å². The van der Waals surface area contributed by atoms with Gasteiger partial charge in [-0.05, 0) is 16.1 Å². The van der Waals surface area contributed by atoms with Crippen LogP contribution in [0, 0.1) is 0 Å². The molecular weight excluding hydrogens is 243 g/mol. The lowest BCUT2D eigenvalue weighted by Gasteiger charge is -1.89. The van der Waals surface area contributed by atoms with E-state index in [0.717, 1.165) is 12.0 Å². The lowest BCUT2D eigenvalue weighted by Crippen LogP contribution is -2.04. The van der Waals surface area contributed by atoms with Crippen LogP contribution in [-0.2, 0) is 0 Å². The molecule has 0 saturated heterocycles. The van der Waals surface area contributed by atoms with Crippen LogP contribution in [0.5, 0.6) is 0 Å². The van der Waals surface area contributed by atoms with E-state index >= 15 is 0 Å². The van der Waals surface area contributed by atoms with Crippen LogP contribution in [0.15, 0.2) is 14.6 Å². The second kappa shape index (κ2) is 5.40. The Morgan fingerprint density at radius 1 is 1.80 bits per heavy atom. The van der Waals surface area contributed by atoms with E-state index in [2.05, 4.69) is 27.6 Å². The van der Waals surface area contributed by atoms with Crippen LogP contribution in [0.4, 0.5) is 4.79 Å². The van der Waals surface area contributed by atoms with Gasteiger partial charge in [0, 0.05) is 6.21 Å². The third-order valence-electron chi connectivity index (χ3n) is 0.906. The van der Waals surface area contributed by atoms with Gasteiger partial charge in [0.15, 0.2) is 0 Å². The number of hydrogen-bond acceptors (Lipinski definition) is 1. The number of carbonyl (C=O) groups is 1. The molecule has 0 bridgehead atoms. The molecule has 0 fully saturated rings. The number of primary amides is 1. The van der Waals surface area contributed by atoms with Crippen LogP contribution in [0.1, 0.15) is 13.3 Å². The van der Waals surface area contributed by atoms with Gasteiger partial charge in [0.2, 0.25) is 0 Å². The zero-order valence-corrected chi connectivity index (χ0v) is 7.83. The molecule has 56 valence electrons. The number of nitrogens with zero attached hydrogens (tertiary/aromatic N) is 1. The van der Waals surface area contributed by atoms with E-state index in [-0.39, 0.29) is 0 Å². The predicted octanol–water partition coefficient (Wildman–Crippen LogP) is 1.86. The number of urea groups is 1. The number of amides is 2. The Labute approximate surface area is 73.5 Å². The number of halogens is 1. The summed E-state index contributed by atoms with van der Waals surface area (Å²) in [4.78, 5) is 13.5. The minimum absolute atomic E-state index is 0.649. The molecule has 0 spiro atoms. The van der Waals surface area contributed by atoms with Crippen molar-refractivity contribution in [2.75, 3.05) is 0 Å². The molecule has 0 atom stereocenters. The summed E-state index contributed by atoms with van der Waals surface area (Å²) in [7, 11) is 0. The van der Waals surface area contributed by atoms with Crippen LogP contribution in [0.3, 0.4) is 0 Å². The molecule has 0 heterocycles. The summed E-state index contributed by atoms with van der Waals surface area (Å²) in [6, 6.07) is -0.649. The number of aliphatic imine (C=N–C) groups is 1. The van der Waals surface area contributed by atoms with Crippen molar-refractivity contribution < 1.29 is 4.79 Å². The molecule has 0 radical (unpaired) electrons. The molecule has 0 aliphatic heterocycles. The summed E-state index contributed by atoms with van der Waals surface area (Å²) in [5.41, 5.74) is 5.78. The molecule has 0 aromatic carbocycles. The maximum Gasteiger partial charge on any atom is 0.338 e. The van der Waals surface area contributed by atoms with Crippen molar-refractivity contribution >= 4 is 34.8 Å². The molecule has 0 saturated carbocycles. The van der Waals surface area contributed by atoms with Crippen LogP contribution < -0.4 is 5.73 Å². The Balaban J connectivity index is 3.98. The smallest absolute Gasteiger partial charge is 0.338 e. The highest BCUT2D eigenvalue weighted by Gasteiger charge is 1.87. The van der Waals surface area contributed by atoms with Crippen molar-refractivity contribution in [1.29, 1.82) is 0 Å². The van der Waals surface area contributed by atoms with E-state index < -0.39 is 6.03 Å². The molecule has 2 amide bonds. The monoisotopic (exact) mass is 252 g/mol. The highest BCUT2D eigenvalue weighted by molar-refractivity contribution is 14.1. The largest absolute Gasteiger partial charge is 0.350 e. The van der Waals surface area contributed by atoms with Gasteiger partial charge in [0.1, 0.15) is 0 Å². The minimum atomic E-state index is -0.649. The summed E-state index contributed by atoms with van der Waals surface area (Å²) >= 11 is 2.09. The van der Waals surface area contributed by atoms with Gasteiger partial charge in [-0.3, -0.25) is 0 Å². The number of carbonyl (C=O) groups excluding carboxylic acids is 1. The van der Waals surface area contributed by atoms with Crippen molar-refractivity contribution in [3.8, 4) is 0 Å². The number of hydrogen-bond donors (Lipinski definition) is 1. The molecule has 0 aromatic heterocycles. The topological polar surface area (TPSA) is 55.4 Å². The summed E-state index contributed by atoms with van der Waals surface area (Å²) in [6.07, 6.45) is 2.34. The van der Waals surface area contributed by atoms with Gasteiger partial charge in [-0.1, -0.05) is 29.5 Å². The highest BCUT2D eigenvalue weighted by Crippen LogP contribution is 2.00. The Kier molecular flexibility index (Phi) is 5.19. The summed E-state index contributed by atoms with van der Waals surface area (Å²) < 4.78 is 1.87. The lowest BCUT2D eigenvalue weighted by molar-refractivity contribution is 0.257. The molecule has 0 aromatic rings. The van der Waals surface area contributed by atoms with Gasteiger partial charge in [-0.15, -0.1) is 0 Å². The Morgan fingerprint density at radius 3 is 2.70 bits per heavy atom. The number of nitrogens with two attached hydrogens (primary N) is 1. The summed E-state index contributed by atoms with van der Waals surface area (Å²) in [5.74, 6) is 0. The van der Waals surface area contributed by atoms with Crippen LogP contribution in [0.2, 0.25) is 0 Å². The number of rotatable bonds is 2. The van der Waals surface area contributed by atoms with Crippen molar-refractivity contribution in [2.45, 2.75) is 13.3 Å². The fraction of sp³-hybridized carbons (Fsp3) is 0.333. The van der Waals surface area contributed by atoms with Crippen LogP contribution in [-0.4, -0.2) is 12.2 Å². The van der Waals surface area contributed by atoms with Gasteiger partial charge in [0.25, 0.3) is 0 Å². The first kappa shape index (κ1) is 9.61. The van der Waals surface area contributed by atoms with Crippen LogP contribution in [0.25, 0.3) is 0 Å². The van der Waals surface area contributed by atoms with E-state index in [9.17, 15) is 4.79 Å². The van der Waals surface area contributed by atoms with Crippen molar-refractivity contribution in [3.63, 3.8) is 0 Å². The van der Waals surface area contributed by atoms with Gasteiger partial charge in [-0.2, -0.15) is 0 Å². The molecule has 0 unspecified atom stereocenters. The lowest BCUT2D eigenvalue weighted by atomic mass is 10.3. The molecule has 10 heavy (non-hydrogen) atoms. The third kappa shape index (κ3) is 4.49. The zero-order chi connectivity index (χ0) is 7.98. The van der Waals surface area contributed by atoms with E-state index in [4.69, 9.17) is 5.73 Å². The predicted molar refractivity (Wildman–Crippen MR) is 50.5 cm³/mol. The fourth-order valence-corrected chi connectivity index (χ4v) is 0.944. The Bertz CT molecular complexity index is 175. The standard InChI is InChI=1S/C6H9IN2O/c1-2-5(3-7)4-9-6(8)10/h3-4H,2H2,1H3,(H2,8,10)/b5-3-,9-4-.